The quantitative estimate of drug-likeness (QED) is 0.600. The molecule has 0 aromatic heterocycles. The Morgan fingerprint density at radius 3 is 2.18 bits per heavy atom. The normalized spacial score (nSPS) is 19.2. The summed E-state index contributed by atoms with van der Waals surface area (Å²) in [6.07, 6.45) is -2.40. The Morgan fingerprint density at radius 2 is 1.61 bits per heavy atom. The van der Waals surface area contributed by atoms with Crippen LogP contribution in [0.1, 0.15) is 25.3 Å². The van der Waals surface area contributed by atoms with Crippen molar-refractivity contribution >= 4 is 21.8 Å². The molecule has 0 unspecified atom stereocenters. The Kier molecular flexibility index (Phi) is 9.55. The molecular weight excluding hydrogens is 525 g/mol. The van der Waals surface area contributed by atoms with Gasteiger partial charge in [0.15, 0.2) is 0 Å². The van der Waals surface area contributed by atoms with Crippen LogP contribution in [0.15, 0.2) is 59.5 Å². The molecule has 2 aliphatic heterocycles. The number of para-hydroxylation sites is 1. The van der Waals surface area contributed by atoms with Gasteiger partial charge in [-0.15, -0.1) is 0 Å². The summed E-state index contributed by atoms with van der Waals surface area (Å²) in [6.45, 7) is 4.89. The number of hydrogen-bond acceptors (Lipinski definition) is 6. The summed E-state index contributed by atoms with van der Waals surface area (Å²) in [4.78, 5) is 23.4. The number of carboxylic acid groups (broad SMARTS) is 1. The summed E-state index contributed by atoms with van der Waals surface area (Å²) in [6, 6.07) is 17.2. The number of benzene rings is 2. The maximum atomic E-state index is 13.3. The topological polar surface area (TPSA) is 104 Å². The third-order valence-corrected chi connectivity index (χ3v) is 8.46. The Balaban J connectivity index is 0.000000505. The van der Waals surface area contributed by atoms with Crippen LogP contribution < -0.4 is 4.74 Å². The third kappa shape index (κ3) is 7.78. The lowest BCUT2D eigenvalue weighted by Crippen LogP contribution is -2.52. The molecule has 4 rings (SSSR count). The average Bonchev–Trinajstić information content (AvgIpc) is 2.87. The van der Waals surface area contributed by atoms with Crippen LogP contribution in [0.25, 0.3) is 0 Å². The van der Waals surface area contributed by atoms with Gasteiger partial charge in [0.25, 0.3) is 0 Å². The molecule has 12 heteroatoms. The number of carbonyl (C=O) groups is 2. The molecule has 0 amide bonds. The van der Waals surface area contributed by atoms with Gasteiger partial charge >= 0.3 is 12.1 Å². The molecular formula is C26H31F3N2O6S. The van der Waals surface area contributed by atoms with Gasteiger partial charge in [0, 0.05) is 18.5 Å². The molecule has 0 saturated carbocycles. The van der Waals surface area contributed by atoms with E-state index in [1.807, 2.05) is 6.07 Å². The first kappa shape index (κ1) is 29.6. The highest BCUT2D eigenvalue weighted by molar-refractivity contribution is 7.89. The second-order valence-corrected chi connectivity index (χ2v) is 11.5. The lowest BCUT2D eigenvalue weighted by molar-refractivity contribution is -0.192. The molecule has 0 aliphatic carbocycles. The highest BCUT2D eigenvalue weighted by Gasteiger charge is 2.43. The lowest BCUT2D eigenvalue weighted by atomic mass is 9.78. The largest absolute Gasteiger partial charge is 0.492 e. The van der Waals surface area contributed by atoms with E-state index in [-0.39, 0.29) is 22.6 Å². The van der Waals surface area contributed by atoms with Crippen molar-refractivity contribution in [1.82, 2.24) is 9.21 Å². The summed E-state index contributed by atoms with van der Waals surface area (Å²) >= 11 is 0. The van der Waals surface area contributed by atoms with Crippen LogP contribution in [0, 0.1) is 5.41 Å². The second-order valence-electron chi connectivity index (χ2n) is 9.59. The first-order valence-corrected chi connectivity index (χ1v) is 13.5. The standard InChI is InChI=1S/C24H30N2O4S.C2HF3O2/c1-20(27)17-26-18-24(19-30-22-9-5-6-10-23(22)31(26,28)29)12-15-25(16-13-24)14-11-21-7-3-2-4-8-21;3-2(4,5)1(6)7/h2-10H,11-19H2,1H3;(H,6,7). The van der Waals surface area contributed by atoms with Gasteiger partial charge in [-0.3, -0.25) is 4.79 Å². The number of rotatable bonds is 5. The molecule has 0 radical (unpaired) electrons. The fourth-order valence-corrected chi connectivity index (χ4v) is 6.24. The van der Waals surface area contributed by atoms with Crippen LogP contribution in [0.3, 0.4) is 0 Å². The molecule has 2 heterocycles. The number of aliphatic carboxylic acids is 1. The highest BCUT2D eigenvalue weighted by Crippen LogP contribution is 2.39. The number of ketones is 1. The Morgan fingerprint density at radius 1 is 1.03 bits per heavy atom. The van der Waals surface area contributed by atoms with Crippen LogP contribution in [-0.4, -0.2) is 80.0 Å². The van der Waals surface area contributed by atoms with E-state index in [1.54, 1.807) is 24.3 Å². The zero-order valence-corrected chi connectivity index (χ0v) is 21.8. The van der Waals surface area contributed by atoms with Crippen molar-refractivity contribution in [1.29, 1.82) is 0 Å². The van der Waals surface area contributed by atoms with Gasteiger partial charge in [0.05, 0.1) is 13.2 Å². The number of carbonyl (C=O) groups excluding carboxylic acids is 1. The van der Waals surface area contributed by atoms with Crippen LogP contribution in [0.4, 0.5) is 13.2 Å². The summed E-state index contributed by atoms with van der Waals surface area (Å²) in [5.41, 5.74) is 1.03. The van der Waals surface area contributed by atoms with Gasteiger partial charge in [0.1, 0.15) is 16.4 Å². The van der Waals surface area contributed by atoms with E-state index < -0.39 is 22.2 Å². The number of sulfonamides is 1. The Hall–Kier alpha value is -2.96. The molecule has 2 aromatic rings. The molecule has 1 saturated heterocycles. The van der Waals surface area contributed by atoms with Crippen molar-refractivity contribution in [2.75, 3.05) is 39.3 Å². The Labute approximate surface area is 220 Å². The van der Waals surface area contributed by atoms with Crippen molar-refractivity contribution in [3.63, 3.8) is 0 Å². The van der Waals surface area contributed by atoms with Crippen LogP contribution in [0.2, 0.25) is 0 Å². The average molecular weight is 557 g/mol. The van der Waals surface area contributed by atoms with E-state index in [9.17, 15) is 26.4 Å². The number of ether oxygens (including phenoxy) is 1. The number of hydrogen-bond donors (Lipinski definition) is 1. The minimum Gasteiger partial charge on any atom is -0.492 e. The van der Waals surface area contributed by atoms with Crippen LogP contribution in [0.5, 0.6) is 5.75 Å². The minimum absolute atomic E-state index is 0.101. The molecule has 38 heavy (non-hydrogen) atoms. The van der Waals surface area contributed by atoms with Crippen molar-refractivity contribution < 1.29 is 41.0 Å². The van der Waals surface area contributed by atoms with Gasteiger partial charge in [-0.2, -0.15) is 17.5 Å². The first-order valence-electron chi connectivity index (χ1n) is 12.1. The molecule has 8 nitrogen and oxygen atoms in total. The number of carboxylic acids is 1. The number of alkyl halides is 3. The van der Waals surface area contributed by atoms with Crippen molar-refractivity contribution in [2.24, 2.45) is 5.41 Å². The minimum atomic E-state index is -5.08. The van der Waals surface area contributed by atoms with Gasteiger partial charge in [-0.05, 0) is 57.0 Å². The summed E-state index contributed by atoms with van der Waals surface area (Å²) in [5, 5.41) is 7.12. The fraction of sp³-hybridized carbons (Fsp3) is 0.462. The first-order chi connectivity index (χ1) is 17.8. The van der Waals surface area contributed by atoms with E-state index in [4.69, 9.17) is 14.6 Å². The van der Waals surface area contributed by atoms with E-state index in [1.165, 1.54) is 16.8 Å². The molecule has 2 aliphatic rings. The van der Waals surface area contributed by atoms with Crippen LogP contribution in [-0.2, 0) is 26.0 Å². The van der Waals surface area contributed by atoms with Gasteiger partial charge in [-0.1, -0.05) is 42.5 Å². The number of halogens is 3. The van der Waals surface area contributed by atoms with E-state index in [0.717, 1.165) is 38.9 Å². The van der Waals surface area contributed by atoms with Gasteiger partial charge < -0.3 is 14.7 Å². The number of Topliss-reactive ketones (excluding diaryl/α,β-unsaturated/α-hetero) is 1. The van der Waals surface area contributed by atoms with Crippen molar-refractivity contribution in [2.45, 2.75) is 37.3 Å². The monoisotopic (exact) mass is 556 g/mol. The van der Waals surface area contributed by atoms with Gasteiger partial charge in [0.2, 0.25) is 10.0 Å². The molecule has 208 valence electrons. The van der Waals surface area contributed by atoms with Crippen molar-refractivity contribution in [3.8, 4) is 5.75 Å². The third-order valence-electron chi connectivity index (χ3n) is 6.63. The number of fused-ring (bicyclic) bond motifs is 1. The predicted molar refractivity (Wildman–Crippen MR) is 133 cm³/mol. The van der Waals surface area contributed by atoms with E-state index in [0.29, 0.717) is 18.9 Å². The molecule has 0 bridgehead atoms. The Bertz CT molecular complexity index is 1210. The second kappa shape index (κ2) is 12.3. The number of nitrogens with zero attached hydrogens (tertiary/aromatic N) is 2. The SMILES string of the molecule is CC(=O)CN1CC2(CCN(CCc3ccccc3)CC2)COc2ccccc2S1(=O)=O.O=C(O)C(F)(F)F. The summed E-state index contributed by atoms with van der Waals surface area (Å²) in [7, 11) is -3.80. The number of piperidine rings is 1. The number of likely N-dealkylation sites (tertiary alicyclic amines) is 1. The smallest absolute Gasteiger partial charge is 0.490 e. The predicted octanol–water partition coefficient (Wildman–Crippen LogP) is 3.62. The highest BCUT2D eigenvalue weighted by atomic mass is 32.2. The fourth-order valence-electron chi connectivity index (χ4n) is 4.53. The van der Waals surface area contributed by atoms with Crippen LogP contribution >= 0.6 is 0 Å². The van der Waals surface area contributed by atoms with E-state index >= 15 is 0 Å². The summed E-state index contributed by atoms with van der Waals surface area (Å²) in [5.74, 6) is -2.54. The molecule has 1 N–H and O–H groups in total. The summed E-state index contributed by atoms with van der Waals surface area (Å²) < 4.78 is 65.9. The lowest BCUT2D eigenvalue weighted by Gasteiger charge is -2.44. The maximum Gasteiger partial charge on any atom is 0.490 e. The molecule has 1 spiro atoms. The van der Waals surface area contributed by atoms with Gasteiger partial charge in [-0.25, -0.2) is 13.2 Å². The molecule has 0 atom stereocenters. The molecule has 1 fully saturated rings. The zero-order valence-electron chi connectivity index (χ0n) is 21.0. The molecule has 2 aromatic carbocycles. The van der Waals surface area contributed by atoms with E-state index in [2.05, 4.69) is 29.2 Å². The zero-order chi connectivity index (χ0) is 28.0. The van der Waals surface area contributed by atoms with Crippen molar-refractivity contribution in [3.05, 3.63) is 60.2 Å². The maximum absolute atomic E-state index is 13.3.